The van der Waals surface area contributed by atoms with E-state index in [1.807, 2.05) is 43.3 Å². The van der Waals surface area contributed by atoms with E-state index >= 15 is 0 Å². The molecule has 1 aliphatic rings. The fourth-order valence-electron chi connectivity index (χ4n) is 4.04. The number of rotatable bonds is 4. The molecule has 5 rings (SSSR count). The van der Waals surface area contributed by atoms with Gasteiger partial charge in [0.1, 0.15) is 0 Å². The molecule has 0 radical (unpaired) electrons. The number of aromatic nitrogens is 1. The second-order valence-corrected chi connectivity index (χ2v) is 9.66. The first-order valence-corrected chi connectivity index (χ1v) is 11.7. The van der Waals surface area contributed by atoms with Crippen molar-refractivity contribution in [3.05, 3.63) is 102 Å². The Morgan fingerprint density at radius 1 is 0.742 bits per heavy atom. The number of aryl methyl sites for hydroxylation is 1. The van der Waals surface area contributed by atoms with Crippen LogP contribution in [-0.4, -0.2) is 19.9 Å². The summed E-state index contributed by atoms with van der Waals surface area (Å²) in [5.41, 5.74) is 7.23. The van der Waals surface area contributed by atoms with Crippen molar-refractivity contribution in [2.45, 2.75) is 18.2 Å². The molecule has 5 heteroatoms. The van der Waals surface area contributed by atoms with Gasteiger partial charge in [-0.25, -0.2) is 8.42 Å². The zero-order valence-electron chi connectivity index (χ0n) is 17.2. The summed E-state index contributed by atoms with van der Waals surface area (Å²) >= 11 is 0. The Labute approximate surface area is 182 Å². The molecule has 0 atom stereocenters. The first-order chi connectivity index (χ1) is 15.0. The summed E-state index contributed by atoms with van der Waals surface area (Å²) in [7, 11) is -3.61. The van der Waals surface area contributed by atoms with Crippen molar-refractivity contribution in [1.29, 1.82) is 0 Å². The molecule has 1 aromatic heterocycles. The van der Waals surface area contributed by atoms with Crippen LogP contribution in [0.4, 0.5) is 5.69 Å². The number of hydrogen-bond acceptors (Lipinski definition) is 3. The van der Waals surface area contributed by atoms with Gasteiger partial charge in [-0.1, -0.05) is 48.0 Å². The van der Waals surface area contributed by atoms with Crippen molar-refractivity contribution in [3.63, 3.8) is 0 Å². The number of nitrogens with zero attached hydrogens (tertiary/aromatic N) is 2. The summed E-state index contributed by atoms with van der Waals surface area (Å²) in [5.74, 6) is 0. The molecule has 0 amide bonds. The van der Waals surface area contributed by atoms with E-state index in [1.165, 1.54) is 9.87 Å². The van der Waals surface area contributed by atoms with Gasteiger partial charge in [-0.05, 0) is 77.6 Å². The summed E-state index contributed by atoms with van der Waals surface area (Å²) in [6.07, 6.45) is 4.23. The highest BCUT2D eigenvalue weighted by atomic mass is 32.2. The lowest BCUT2D eigenvalue weighted by Gasteiger charge is -2.20. The third kappa shape index (κ3) is 3.62. The molecule has 31 heavy (non-hydrogen) atoms. The molecule has 0 N–H and O–H groups in total. The van der Waals surface area contributed by atoms with Crippen molar-refractivity contribution in [1.82, 2.24) is 4.98 Å². The Morgan fingerprint density at radius 3 is 2.00 bits per heavy atom. The van der Waals surface area contributed by atoms with E-state index in [4.69, 9.17) is 0 Å². The lowest BCUT2D eigenvalue weighted by Crippen LogP contribution is -2.29. The molecule has 0 fully saturated rings. The van der Waals surface area contributed by atoms with Crippen LogP contribution in [0.25, 0.3) is 22.3 Å². The van der Waals surface area contributed by atoms with Crippen molar-refractivity contribution < 1.29 is 8.42 Å². The highest BCUT2D eigenvalue weighted by Crippen LogP contribution is 2.36. The van der Waals surface area contributed by atoms with Crippen LogP contribution in [0.15, 0.2) is 96.2 Å². The zero-order chi connectivity index (χ0) is 21.4. The molecule has 0 unspecified atom stereocenters. The minimum absolute atomic E-state index is 0.314. The predicted molar refractivity (Wildman–Crippen MR) is 125 cm³/mol. The maximum atomic E-state index is 13.4. The van der Waals surface area contributed by atoms with Crippen LogP contribution in [-0.2, 0) is 16.4 Å². The van der Waals surface area contributed by atoms with E-state index in [0.29, 0.717) is 17.9 Å². The molecule has 0 saturated heterocycles. The van der Waals surface area contributed by atoms with Crippen LogP contribution in [0, 0.1) is 6.92 Å². The Kier molecular flexibility index (Phi) is 4.83. The van der Waals surface area contributed by atoms with Crippen molar-refractivity contribution >= 4 is 15.7 Å². The van der Waals surface area contributed by atoms with Crippen LogP contribution in [0.2, 0.25) is 0 Å². The molecule has 4 aromatic rings. The van der Waals surface area contributed by atoms with Crippen molar-refractivity contribution in [3.8, 4) is 22.3 Å². The van der Waals surface area contributed by atoms with Gasteiger partial charge in [0.15, 0.2) is 0 Å². The van der Waals surface area contributed by atoms with Gasteiger partial charge in [-0.15, -0.1) is 0 Å². The molecular formula is C26H22N2O2S. The number of hydrogen-bond donors (Lipinski definition) is 0. The summed E-state index contributed by atoms with van der Waals surface area (Å²) in [5, 5.41) is 0. The first kappa shape index (κ1) is 19.5. The van der Waals surface area contributed by atoms with Crippen molar-refractivity contribution in [2.75, 3.05) is 10.8 Å². The largest absolute Gasteiger partial charge is 0.266 e. The standard InChI is InChI=1S/C26H22N2O2S/c1-19-2-4-20(5-3-19)21-6-9-25(10-7-21)31(29,30)28-17-14-24-18-23(8-11-26(24)28)22-12-15-27-16-13-22/h2-13,15-16,18H,14,17H2,1H3. The molecule has 0 aliphatic carbocycles. The Balaban J connectivity index is 1.44. The van der Waals surface area contributed by atoms with Gasteiger partial charge >= 0.3 is 0 Å². The molecular weight excluding hydrogens is 404 g/mol. The SMILES string of the molecule is Cc1ccc(-c2ccc(S(=O)(=O)N3CCc4cc(-c5ccncc5)ccc43)cc2)cc1. The van der Waals surface area contributed by atoms with Crippen molar-refractivity contribution in [2.24, 2.45) is 0 Å². The van der Waals surface area contributed by atoms with Gasteiger partial charge in [-0.2, -0.15) is 0 Å². The van der Waals surface area contributed by atoms with Gasteiger partial charge < -0.3 is 0 Å². The van der Waals surface area contributed by atoms with E-state index in [1.54, 1.807) is 24.5 Å². The van der Waals surface area contributed by atoms with Gasteiger partial charge in [-0.3, -0.25) is 9.29 Å². The lowest BCUT2D eigenvalue weighted by molar-refractivity contribution is 0.592. The Hall–Kier alpha value is -3.44. The normalized spacial score (nSPS) is 13.3. The Bertz CT molecular complexity index is 1330. The summed E-state index contributed by atoms with van der Waals surface area (Å²) in [4.78, 5) is 4.38. The fourth-order valence-corrected chi connectivity index (χ4v) is 5.54. The highest BCUT2D eigenvalue weighted by Gasteiger charge is 2.31. The predicted octanol–water partition coefficient (Wildman–Crippen LogP) is 5.48. The number of pyridine rings is 1. The van der Waals surface area contributed by atoms with Crippen LogP contribution in [0.1, 0.15) is 11.1 Å². The molecule has 154 valence electrons. The average molecular weight is 427 g/mol. The van der Waals surface area contributed by atoms with E-state index in [-0.39, 0.29) is 0 Å². The number of fused-ring (bicyclic) bond motifs is 1. The summed E-state index contributed by atoms with van der Waals surface area (Å²) < 4.78 is 28.3. The molecule has 3 aromatic carbocycles. The second kappa shape index (κ2) is 7.67. The van der Waals surface area contributed by atoms with E-state index in [9.17, 15) is 8.42 Å². The van der Waals surface area contributed by atoms with E-state index in [2.05, 4.69) is 35.3 Å². The maximum absolute atomic E-state index is 13.4. The number of sulfonamides is 1. The lowest BCUT2D eigenvalue weighted by atomic mass is 10.0. The van der Waals surface area contributed by atoms with Crippen LogP contribution in [0.3, 0.4) is 0 Å². The van der Waals surface area contributed by atoms with E-state index in [0.717, 1.165) is 33.5 Å². The molecule has 4 nitrogen and oxygen atoms in total. The average Bonchev–Trinajstić information content (AvgIpc) is 3.24. The number of anilines is 1. The van der Waals surface area contributed by atoms with Crippen LogP contribution in [0.5, 0.6) is 0 Å². The minimum atomic E-state index is -3.61. The Morgan fingerprint density at radius 2 is 1.32 bits per heavy atom. The molecule has 0 bridgehead atoms. The number of benzene rings is 3. The smallest absolute Gasteiger partial charge is 0.264 e. The summed E-state index contributed by atoms with van der Waals surface area (Å²) in [6, 6.07) is 25.3. The third-order valence-electron chi connectivity index (χ3n) is 5.77. The molecule has 0 spiro atoms. The van der Waals surface area contributed by atoms with Gasteiger partial charge in [0.2, 0.25) is 0 Å². The monoisotopic (exact) mass is 426 g/mol. The minimum Gasteiger partial charge on any atom is -0.266 e. The zero-order valence-corrected chi connectivity index (χ0v) is 18.0. The molecule has 2 heterocycles. The topological polar surface area (TPSA) is 50.3 Å². The maximum Gasteiger partial charge on any atom is 0.264 e. The second-order valence-electron chi connectivity index (χ2n) is 7.80. The quantitative estimate of drug-likeness (QED) is 0.434. The third-order valence-corrected chi connectivity index (χ3v) is 7.60. The van der Waals surface area contributed by atoms with Gasteiger partial charge in [0.25, 0.3) is 10.0 Å². The summed E-state index contributed by atoms with van der Waals surface area (Å²) in [6.45, 7) is 2.50. The van der Waals surface area contributed by atoms with Crippen LogP contribution < -0.4 is 4.31 Å². The highest BCUT2D eigenvalue weighted by molar-refractivity contribution is 7.92. The molecule has 1 aliphatic heterocycles. The first-order valence-electron chi connectivity index (χ1n) is 10.3. The molecule has 0 saturated carbocycles. The van der Waals surface area contributed by atoms with Gasteiger partial charge in [0.05, 0.1) is 10.6 Å². The van der Waals surface area contributed by atoms with Crippen LogP contribution >= 0.6 is 0 Å². The fraction of sp³-hybridized carbons (Fsp3) is 0.115. The van der Waals surface area contributed by atoms with E-state index < -0.39 is 10.0 Å². The van der Waals surface area contributed by atoms with Gasteiger partial charge in [0, 0.05) is 18.9 Å².